The number of benzene rings is 2. The number of hydrogen-bond donors (Lipinski definition) is 2. The molecular formula is C20H23BrN2O2. The summed E-state index contributed by atoms with van der Waals surface area (Å²) < 4.78 is 1.03. The summed E-state index contributed by atoms with van der Waals surface area (Å²) in [6.45, 7) is 5.46. The van der Waals surface area contributed by atoms with E-state index in [9.17, 15) is 9.59 Å². The fourth-order valence-electron chi connectivity index (χ4n) is 2.56. The molecule has 4 nitrogen and oxygen atoms in total. The van der Waals surface area contributed by atoms with Gasteiger partial charge in [-0.25, -0.2) is 0 Å². The van der Waals surface area contributed by atoms with Gasteiger partial charge in [-0.05, 0) is 62.2 Å². The molecule has 0 fully saturated rings. The maximum absolute atomic E-state index is 12.4. The van der Waals surface area contributed by atoms with Crippen LogP contribution in [0, 0.1) is 0 Å². The van der Waals surface area contributed by atoms with Crippen molar-refractivity contribution in [3.63, 3.8) is 0 Å². The quantitative estimate of drug-likeness (QED) is 0.658. The molecule has 0 aliphatic heterocycles. The van der Waals surface area contributed by atoms with Crippen molar-refractivity contribution in [2.75, 3.05) is 5.32 Å². The average Bonchev–Trinajstić information content (AvgIpc) is 2.60. The number of hydrogen-bond acceptors (Lipinski definition) is 3. The lowest BCUT2D eigenvalue weighted by Crippen LogP contribution is -2.40. The van der Waals surface area contributed by atoms with E-state index in [0.717, 1.165) is 16.5 Å². The van der Waals surface area contributed by atoms with Gasteiger partial charge >= 0.3 is 0 Å². The van der Waals surface area contributed by atoms with Crippen LogP contribution in [0.25, 0.3) is 0 Å². The van der Waals surface area contributed by atoms with Crippen LogP contribution in [-0.4, -0.2) is 17.7 Å². The lowest BCUT2D eigenvalue weighted by molar-refractivity contribution is -0.118. The zero-order valence-electron chi connectivity index (χ0n) is 14.7. The van der Waals surface area contributed by atoms with E-state index in [1.54, 1.807) is 24.3 Å². The molecule has 2 rings (SSSR count). The van der Waals surface area contributed by atoms with E-state index >= 15 is 0 Å². The fourth-order valence-corrected chi connectivity index (χ4v) is 2.83. The van der Waals surface area contributed by atoms with E-state index in [2.05, 4.69) is 45.6 Å². The van der Waals surface area contributed by atoms with Crippen molar-refractivity contribution < 1.29 is 9.59 Å². The summed E-state index contributed by atoms with van der Waals surface area (Å²) in [5.74, 6) is -0.0978. The molecule has 0 aliphatic rings. The molecule has 0 bridgehead atoms. The molecule has 0 heterocycles. The summed E-state index contributed by atoms with van der Waals surface area (Å²) in [5.41, 5.74) is 2.46. The Kier molecular flexibility index (Phi) is 6.91. The van der Waals surface area contributed by atoms with Gasteiger partial charge in [0.15, 0.2) is 5.78 Å². The number of rotatable bonds is 7. The van der Waals surface area contributed by atoms with Crippen molar-refractivity contribution in [1.82, 2.24) is 5.32 Å². The number of halogens is 1. The molecule has 0 radical (unpaired) electrons. The van der Waals surface area contributed by atoms with Gasteiger partial charge in [0, 0.05) is 21.8 Å². The van der Waals surface area contributed by atoms with Gasteiger partial charge in [-0.2, -0.15) is 0 Å². The van der Waals surface area contributed by atoms with Crippen LogP contribution < -0.4 is 10.6 Å². The highest BCUT2D eigenvalue weighted by Gasteiger charge is 2.18. The summed E-state index contributed by atoms with van der Waals surface area (Å²) in [4.78, 5) is 23.7. The molecule has 1 amide bonds. The van der Waals surface area contributed by atoms with Crippen molar-refractivity contribution in [2.24, 2.45) is 0 Å². The fraction of sp³-hybridized carbons (Fsp3) is 0.300. The highest BCUT2D eigenvalue weighted by atomic mass is 79.9. The summed E-state index contributed by atoms with van der Waals surface area (Å²) in [7, 11) is 0. The second-order valence-electron chi connectivity index (χ2n) is 6.02. The first-order valence-corrected chi connectivity index (χ1v) is 9.13. The predicted octanol–water partition coefficient (Wildman–Crippen LogP) is 4.72. The average molecular weight is 403 g/mol. The number of nitrogens with one attached hydrogen (secondary N) is 2. The molecule has 0 aliphatic carbocycles. The molecule has 2 aromatic rings. The number of ketones is 1. The summed E-state index contributed by atoms with van der Waals surface area (Å²) in [6, 6.07) is 14.8. The Morgan fingerprint density at radius 1 is 1.04 bits per heavy atom. The standard InChI is InChI=1S/C20H23BrN2O2/c1-4-19(16-5-9-17(21)10-6-16)22-13(2)20(25)23-18-11-7-15(8-12-18)14(3)24/h5-13,19,22H,4H2,1-3H3,(H,23,25)/t13-,19+/m0/s1. The molecule has 0 saturated heterocycles. The number of Topliss-reactive ketones (excluding diaryl/α,β-unsaturated/α-hetero) is 1. The first-order chi connectivity index (χ1) is 11.9. The smallest absolute Gasteiger partial charge is 0.241 e. The zero-order valence-corrected chi connectivity index (χ0v) is 16.3. The maximum atomic E-state index is 12.4. The van der Waals surface area contributed by atoms with Crippen molar-refractivity contribution in [3.8, 4) is 0 Å². The van der Waals surface area contributed by atoms with Crippen LogP contribution in [0.1, 0.15) is 49.2 Å². The second-order valence-corrected chi connectivity index (χ2v) is 6.94. The lowest BCUT2D eigenvalue weighted by Gasteiger charge is -2.22. The molecule has 25 heavy (non-hydrogen) atoms. The van der Waals surface area contributed by atoms with Gasteiger partial charge in [0.25, 0.3) is 0 Å². The van der Waals surface area contributed by atoms with Crippen molar-refractivity contribution in [1.29, 1.82) is 0 Å². The molecule has 2 aromatic carbocycles. The molecule has 0 unspecified atom stereocenters. The van der Waals surface area contributed by atoms with Gasteiger partial charge in [0.05, 0.1) is 6.04 Å². The minimum Gasteiger partial charge on any atom is -0.325 e. The Hall–Kier alpha value is -1.98. The lowest BCUT2D eigenvalue weighted by atomic mass is 10.0. The van der Waals surface area contributed by atoms with E-state index in [1.165, 1.54) is 6.92 Å². The maximum Gasteiger partial charge on any atom is 0.241 e. The van der Waals surface area contributed by atoms with Gasteiger partial charge in [-0.3, -0.25) is 14.9 Å². The minimum atomic E-state index is -0.346. The van der Waals surface area contributed by atoms with Crippen molar-refractivity contribution in [2.45, 2.75) is 39.3 Å². The highest BCUT2D eigenvalue weighted by molar-refractivity contribution is 9.10. The second kappa shape index (κ2) is 8.92. The Bertz CT molecular complexity index is 726. The van der Waals surface area contributed by atoms with E-state index in [-0.39, 0.29) is 23.8 Å². The molecule has 132 valence electrons. The van der Waals surface area contributed by atoms with Crippen molar-refractivity contribution >= 4 is 33.3 Å². The van der Waals surface area contributed by atoms with Crippen LogP contribution in [0.2, 0.25) is 0 Å². The van der Waals surface area contributed by atoms with E-state index in [4.69, 9.17) is 0 Å². The van der Waals surface area contributed by atoms with Gasteiger partial charge in [0.2, 0.25) is 5.91 Å². The third-order valence-corrected chi connectivity index (χ3v) is 4.61. The number of carbonyl (C=O) groups is 2. The minimum absolute atomic E-state index is 0.00759. The molecule has 0 saturated carbocycles. The van der Waals surface area contributed by atoms with E-state index in [1.807, 2.05) is 19.1 Å². The monoisotopic (exact) mass is 402 g/mol. The highest BCUT2D eigenvalue weighted by Crippen LogP contribution is 2.20. The number of amides is 1. The van der Waals surface area contributed by atoms with Crippen LogP contribution in [0.3, 0.4) is 0 Å². The molecule has 2 atom stereocenters. The van der Waals surface area contributed by atoms with Gasteiger partial charge < -0.3 is 5.32 Å². The zero-order chi connectivity index (χ0) is 18.4. The third-order valence-electron chi connectivity index (χ3n) is 4.08. The normalized spacial score (nSPS) is 13.1. The SMILES string of the molecule is CC[C@@H](N[C@@H](C)C(=O)Nc1ccc(C(C)=O)cc1)c1ccc(Br)cc1. The Morgan fingerprint density at radius 3 is 2.16 bits per heavy atom. The van der Waals surface area contributed by atoms with E-state index < -0.39 is 0 Å². The largest absolute Gasteiger partial charge is 0.325 e. The molecule has 0 aromatic heterocycles. The Balaban J connectivity index is 1.98. The molecule has 2 N–H and O–H groups in total. The predicted molar refractivity (Wildman–Crippen MR) is 105 cm³/mol. The van der Waals surface area contributed by atoms with E-state index in [0.29, 0.717) is 11.3 Å². The molecule has 0 spiro atoms. The summed E-state index contributed by atoms with van der Waals surface area (Å²) in [6.07, 6.45) is 0.882. The first kappa shape index (κ1) is 19.3. The van der Waals surface area contributed by atoms with Crippen LogP contribution >= 0.6 is 15.9 Å². The van der Waals surface area contributed by atoms with Crippen LogP contribution in [0.5, 0.6) is 0 Å². The summed E-state index contributed by atoms with van der Waals surface area (Å²) in [5, 5.41) is 6.25. The third kappa shape index (κ3) is 5.51. The van der Waals surface area contributed by atoms with Crippen LogP contribution in [-0.2, 0) is 4.79 Å². The molecule has 5 heteroatoms. The van der Waals surface area contributed by atoms with Crippen LogP contribution in [0.4, 0.5) is 5.69 Å². The Labute approximate surface area is 157 Å². The topological polar surface area (TPSA) is 58.2 Å². The Morgan fingerprint density at radius 2 is 1.64 bits per heavy atom. The van der Waals surface area contributed by atoms with Gasteiger partial charge in [-0.1, -0.05) is 35.0 Å². The van der Waals surface area contributed by atoms with Gasteiger partial charge in [0.1, 0.15) is 0 Å². The number of anilines is 1. The number of carbonyl (C=O) groups excluding carboxylic acids is 2. The van der Waals surface area contributed by atoms with Gasteiger partial charge in [-0.15, -0.1) is 0 Å². The first-order valence-electron chi connectivity index (χ1n) is 8.34. The van der Waals surface area contributed by atoms with Crippen LogP contribution in [0.15, 0.2) is 53.0 Å². The summed E-state index contributed by atoms with van der Waals surface area (Å²) >= 11 is 3.44. The molecular weight excluding hydrogens is 380 g/mol. The van der Waals surface area contributed by atoms with Crippen molar-refractivity contribution in [3.05, 3.63) is 64.1 Å².